The number of amides is 1. The number of hydrogen-bond donors (Lipinski definition) is 1. The zero-order chi connectivity index (χ0) is 17.5. The van der Waals surface area contributed by atoms with Crippen molar-refractivity contribution in [3.63, 3.8) is 0 Å². The van der Waals surface area contributed by atoms with Gasteiger partial charge in [0.05, 0.1) is 13.2 Å². The second-order valence-electron chi connectivity index (χ2n) is 6.07. The monoisotopic (exact) mass is 359 g/mol. The Morgan fingerprint density at radius 1 is 1.24 bits per heavy atom. The van der Waals surface area contributed by atoms with E-state index in [9.17, 15) is 4.79 Å². The summed E-state index contributed by atoms with van der Waals surface area (Å²) in [6.45, 7) is 3.27. The van der Waals surface area contributed by atoms with Gasteiger partial charge in [-0.3, -0.25) is 4.79 Å². The molecule has 0 saturated carbocycles. The lowest BCUT2D eigenvalue weighted by molar-refractivity contribution is -0.119. The van der Waals surface area contributed by atoms with Crippen LogP contribution in [0.1, 0.15) is 12.5 Å². The molecule has 6 heteroatoms. The molecule has 1 N–H and O–H groups in total. The summed E-state index contributed by atoms with van der Waals surface area (Å²) in [6, 6.07) is 11.8. The van der Waals surface area contributed by atoms with Crippen molar-refractivity contribution in [3.05, 3.63) is 48.8 Å². The van der Waals surface area contributed by atoms with E-state index in [1.165, 1.54) is 0 Å². The molecule has 2 aromatic rings. The Labute approximate surface area is 153 Å². The van der Waals surface area contributed by atoms with Crippen LogP contribution < -0.4 is 10.2 Å². The molecule has 1 aliphatic heterocycles. The summed E-state index contributed by atoms with van der Waals surface area (Å²) in [6.07, 6.45) is 6.78. The number of ether oxygens (including phenoxy) is 1. The molecule has 0 unspecified atom stereocenters. The molecule has 1 fully saturated rings. The Kier molecular flexibility index (Phi) is 6.42. The number of hydrogen-bond acceptors (Lipinski definition) is 4. The van der Waals surface area contributed by atoms with Crippen molar-refractivity contribution in [2.24, 2.45) is 0 Å². The Morgan fingerprint density at radius 2 is 2.00 bits per heavy atom. The molecule has 0 bridgehead atoms. The van der Waals surface area contributed by atoms with Crippen molar-refractivity contribution in [2.45, 2.75) is 12.5 Å². The fraction of sp³-hybridized carbons (Fsp3) is 0.421. The maximum absolute atomic E-state index is 12.8. The molecule has 5 nitrogen and oxygen atoms in total. The van der Waals surface area contributed by atoms with Gasteiger partial charge in [-0.25, -0.2) is 0 Å². The molecule has 2 heterocycles. The van der Waals surface area contributed by atoms with E-state index < -0.39 is 0 Å². The van der Waals surface area contributed by atoms with Gasteiger partial charge in [-0.05, 0) is 48.8 Å². The number of nitrogens with one attached hydrogen (secondary N) is 1. The molecule has 25 heavy (non-hydrogen) atoms. The second-order valence-corrected chi connectivity index (χ2v) is 7.05. The Morgan fingerprint density at radius 3 is 2.72 bits per heavy atom. The molecule has 1 amide bonds. The summed E-state index contributed by atoms with van der Waals surface area (Å²) in [4.78, 5) is 15.1. The van der Waals surface area contributed by atoms with Crippen LogP contribution in [0.2, 0.25) is 0 Å². The lowest BCUT2D eigenvalue weighted by atomic mass is 10.2. The Bertz CT molecular complexity index is 669. The SMILES string of the molecule is CSCC[C@@H](C(=O)Nc1cccc(N2CCOCC2)c1)n1cccc1. The summed E-state index contributed by atoms with van der Waals surface area (Å²) < 4.78 is 7.39. The number of nitrogens with zero attached hydrogens (tertiary/aromatic N) is 2. The van der Waals surface area contributed by atoms with Crippen molar-refractivity contribution in [1.82, 2.24) is 4.57 Å². The van der Waals surface area contributed by atoms with E-state index in [0.29, 0.717) is 0 Å². The quantitative estimate of drug-likeness (QED) is 0.824. The van der Waals surface area contributed by atoms with Crippen LogP contribution in [0.15, 0.2) is 48.8 Å². The van der Waals surface area contributed by atoms with Gasteiger partial charge in [-0.15, -0.1) is 0 Å². The lowest BCUT2D eigenvalue weighted by Gasteiger charge is -2.29. The highest BCUT2D eigenvalue weighted by atomic mass is 32.2. The van der Waals surface area contributed by atoms with Gasteiger partial charge in [0.15, 0.2) is 0 Å². The molecule has 1 aromatic heterocycles. The normalized spacial score (nSPS) is 15.8. The first kappa shape index (κ1) is 17.9. The van der Waals surface area contributed by atoms with Gasteiger partial charge in [0.1, 0.15) is 6.04 Å². The highest BCUT2D eigenvalue weighted by molar-refractivity contribution is 7.98. The number of carbonyl (C=O) groups is 1. The predicted octanol–water partition coefficient (Wildman–Crippen LogP) is 3.26. The fourth-order valence-electron chi connectivity index (χ4n) is 3.03. The Hall–Kier alpha value is -1.92. The van der Waals surface area contributed by atoms with Crippen molar-refractivity contribution in [1.29, 1.82) is 0 Å². The predicted molar refractivity (Wildman–Crippen MR) is 105 cm³/mol. The molecule has 0 aliphatic carbocycles. The number of aromatic nitrogens is 1. The number of carbonyl (C=O) groups excluding carboxylic acids is 1. The lowest BCUT2D eigenvalue weighted by Crippen LogP contribution is -2.36. The Balaban J connectivity index is 1.70. The van der Waals surface area contributed by atoms with Gasteiger partial charge in [-0.1, -0.05) is 6.07 Å². The maximum atomic E-state index is 12.8. The standard InChI is InChI=1S/C19H25N3O2S/c1-25-14-7-18(22-8-2-3-9-22)19(23)20-16-5-4-6-17(15-16)21-10-12-24-13-11-21/h2-6,8-9,15,18H,7,10-14H2,1H3,(H,20,23)/t18-/m0/s1. The van der Waals surface area contributed by atoms with Crippen LogP contribution in [-0.2, 0) is 9.53 Å². The largest absolute Gasteiger partial charge is 0.378 e. The van der Waals surface area contributed by atoms with E-state index in [-0.39, 0.29) is 11.9 Å². The summed E-state index contributed by atoms with van der Waals surface area (Å²) >= 11 is 1.76. The zero-order valence-electron chi connectivity index (χ0n) is 14.6. The van der Waals surface area contributed by atoms with Gasteiger partial charge in [0.25, 0.3) is 0 Å². The molecule has 1 aliphatic rings. The maximum Gasteiger partial charge on any atom is 0.247 e. The van der Waals surface area contributed by atoms with E-state index in [4.69, 9.17) is 4.74 Å². The third kappa shape index (κ3) is 4.80. The van der Waals surface area contributed by atoms with E-state index in [1.807, 2.05) is 47.3 Å². The minimum atomic E-state index is -0.186. The molecular formula is C19H25N3O2S. The van der Waals surface area contributed by atoms with Gasteiger partial charge in [-0.2, -0.15) is 11.8 Å². The van der Waals surface area contributed by atoms with Gasteiger partial charge >= 0.3 is 0 Å². The molecule has 0 radical (unpaired) electrons. The van der Waals surface area contributed by atoms with Crippen LogP contribution in [0.5, 0.6) is 0 Å². The number of rotatable bonds is 7. The highest BCUT2D eigenvalue weighted by Crippen LogP contribution is 2.23. The van der Waals surface area contributed by atoms with Crippen LogP contribution in [0.25, 0.3) is 0 Å². The first-order valence-electron chi connectivity index (χ1n) is 8.63. The second kappa shape index (κ2) is 8.97. The minimum absolute atomic E-state index is 0.0318. The summed E-state index contributed by atoms with van der Waals surface area (Å²) in [7, 11) is 0. The van der Waals surface area contributed by atoms with Crippen LogP contribution in [0, 0.1) is 0 Å². The first-order chi connectivity index (χ1) is 12.3. The van der Waals surface area contributed by atoms with Crippen molar-refractivity contribution < 1.29 is 9.53 Å². The molecule has 3 rings (SSSR count). The van der Waals surface area contributed by atoms with Crippen molar-refractivity contribution in [2.75, 3.05) is 48.5 Å². The smallest absolute Gasteiger partial charge is 0.247 e. The summed E-state index contributed by atoms with van der Waals surface area (Å²) in [5.41, 5.74) is 1.97. The van der Waals surface area contributed by atoms with Crippen molar-refractivity contribution in [3.8, 4) is 0 Å². The number of anilines is 2. The van der Waals surface area contributed by atoms with Crippen LogP contribution in [0.3, 0.4) is 0 Å². The topological polar surface area (TPSA) is 46.5 Å². The molecular weight excluding hydrogens is 334 g/mol. The van der Waals surface area contributed by atoms with E-state index in [2.05, 4.69) is 22.5 Å². The summed E-state index contributed by atoms with van der Waals surface area (Å²) in [5, 5.41) is 3.09. The third-order valence-electron chi connectivity index (χ3n) is 4.38. The third-order valence-corrected chi connectivity index (χ3v) is 5.02. The van der Waals surface area contributed by atoms with Crippen molar-refractivity contribution >= 4 is 29.0 Å². The molecule has 1 atom stereocenters. The zero-order valence-corrected chi connectivity index (χ0v) is 15.4. The number of benzene rings is 1. The first-order valence-corrected chi connectivity index (χ1v) is 10.0. The molecule has 134 valence electrons. The van der Waals surface area contributed by atoms with Crippen LogP contribution >= 0.6 is 11.8 Å². The van der Waals surface area contributed by atoms with Crippen LogP contribution in [0.4, 0.5) is 11.4 Å². The average Bonchev–Trinajstić information content (AvgIpc) is 3.17. The summed E-state index contributed by atoms with van der Waals surface area (Å²) in [5.74, 6) is 0.980. The van der Waals surface area contributed by atoms with E-state index in [0.717, 1.165) is 49.9 Å². The van der Waals surface area contributed by atoms with Crippen LogP contribution in [-0.4, -0.2) is 48.8 Å². The number of thioether (sulfide) groups is 1. The fourth-order valence-corrected chi connectivity index (χ4v) is 3.49. The van der Waals surface area contributed by atoms with E-state index >= 15 is 0 Å². The minimum Gasteiger partial charge on any atom is -0.378 e. The molecule has 1 saturated heterocycles. The van der Waals surface area contributed by atoms with Gasteiger partial charge < -0.3 is 19.5 Å². The van der Waals surface area contributed by atoms with E-state index in [1.54, 1.807) is 11.8 Å². The molecule has 0 spiro atoms. The van der Waals surface area contributed by atoms with Gasteiger partial charge in [0.2, 0.25) is 5.91 Å². The average molecular weight is 359 g/mol. The number of morpholine rings is 1. The van der Waals surface area contributed by atoms with Gasteiger partial charge in [0, 0.05) is 36.9 Å². The molecule has 1 aromatic carbocycles. The highest BCUT2D eigenvalue weighted by Gasteiger charge is 2.20.